The van der Waals surface area contributed by atoms with Crippen molar-refractivity contribution in [1.29, 1.82) is 0 Å². The fourth-order valence-corrected chi connectivity index (χ4v) is 1.09. The van der Waals surface area contributed by atoms with Gasteiger partial charge in [0.1, 0.15) is 0 Å². The van der Waals surface area contributed by atoms with E-state index < -0.39 is 6.10 Å². The van der Waals surface area contributed by atoms with Gasteiger partial charge in [-0.25, -0.2) is 0 Å². The third-order valence-corrected chi connectivity index (χ3v) is 1.91. The van der Waals surface area contributed by atoms with E-state index in [2.05, 4.69) is 4.98 Å². The van der Waals surface area contributed by atoms with Crippen LogP contribution >= 0.6 is 11.6 Å². The van der Waals surface area contributed by atoms with E-state index >= 15 is 0 Å². The van der Waals surface area contributed by atoms with E-state index in [0.29, 0.717) is 10.7 Å². The summed E-state index contributed by atoms with van der Waals surface area (Å²) in [5.74, 6) is 0.163. The minimum absolute atomic E-state index is 0.163. The zero-order valence-electron chi connectivity index (χ0n) is 7.16. The maximum atomic E-state index is 9.60. The van der Waals surface area contributed by atoms with Crippen LogP contribution in [-0.2, 0) is 0 Å². The number of aliphatic hydroxyl groups excluding tert-OH is 1. The summed E-state index contributed by atoms with van der Waals surface area (Å²) in [5, 5.41) is 10.2. The van der Waals surface area contributed by atoms with Gasteiger partial charge in [0.2, 0.25) is 0 Å². The SMILES string of the molecule is CC(C)C(O)c1cc(Cl)ccn1. The zero-order valence-corrected chi connectivity index (χ0v) is 7.92. The first-order chi connectivity index (χ1) is 5.61. The van der Waals surface area contributed by atoms with Crippen LogP contribution in [0.5, 0.6) is 0 Å². The van der Waals surface area contributed by atoms with Gasteiger partial charge in [0.15, 0.2) is 0 Å². The maximum Gasteiger partial charge on any atom is 0.0983 e. The molecule has 1 rings (SSSR count). The van der Waals surface area contributed by atoms with Crippen LogP contribution in [-0.4, -0.2) is 10.1 Å². The topological polar surface area (TPSA) is 33.1 Å². The Morgan fingerprint density at radius 2 is 2.17 bits per heavy atom. The Kier molecular flexibility index (Phi) is 3.06. The molecule has 1 N–H and O–H groups in total. The van der Waals surface area contributed by atoms with Crippen LogP contribution in [0.3, 0.4) is 0 Å². The van der Waals surface area contributed by atoms with Crippen LogP contribution in [0.4, 0.5) is 0 Å². The molecule has 2 nitrogen and oxygen atoms in total. The van der Waals surface area contributed by atoms with Gasteiger partial charge in [0, 0.05) is 11.2 Å². The Morgan fingerprint density at radius 3 is 2.67 bits per heavy atom. The highest BCUT2D eigenvalue weighted by Gasteiger charge is 2.12. The summed E-state index contributed by atoms with van der Waals surface area (Å²) in [6, 6.07) is 3.38. The highest BCUT2D eigenvalue weighted by atomic mass is 35.5. The Hall–Kier alpha value is -0.600. The smallest absolute Gasteiger partial charge is 0.0983 e. The molecule has 0 saturated heterocycles. The Bertz CT molecular complexity index is 262. The van der Waals surface area contributed by atoms with Crippen molar-refractivity contribution >= 4 is 11.6 Å². The largest absolute Gasteiger partial charge is 0.387 e. The van der Waals surface area contributed by atoms with Crippen LogP contribution in [0.2, 0.25) is 5.02 Å². The second-order valence-corrected chi connectivity index (χ2v) is 3.52. The number of hydrogen-bond donors (Lipinski definition) is 1. The number of rotatable bonds is 2. The van der Waals surface area contributed by atoms with Gasteiger partial charge >= 0.3 is 0 Å². The first-order valence-corrected chi connectivity index (χ1v) is 4.28. The minimum atomic E-state index is -0.524. The van der Waals surface area contributed by atoms with Gasteiger partial charge in [-0.05, 0) is 18.1 Å². The van der Waals surface area contributed by atoms with Gasteiger partial charge in [-0.3, -0.25) is 4.98 Å². The van der Waals surface area contributed by atoms with E-state index in [1.165, 1.54) is 0 Å². The molecule has 1 unspecified atom stereocenters. The molecular weight excluding hydrogens is 174 g/mol. The first-order valence-electron chi connectivity index (χ1n) is 3.91. The quantitative estimate of drug-likeness (QED) is 0.768. The predicted molar refractivity (Wildman–Crippen MR) is 49.0 cm³/mol. The number of aliphatic hydroxyl groups is 1. The lowest BCUT2D eigenvalue weighted by Gasteiger charge is -2.13. The minimum Gasteiger partial charge on any atom is -0.387 e. The molecular formula is C9H12ClNO. The molecule has 0 saturated carbocycles. The summed E-state index contributed by atoms with van der Waals surface area (Å²) in [5.41, 5.74) is 0.637. The highest BCUT2D eigenvalue weighted by molar-refractivity contribution is 6.30. The molecule has 3 heteroatoms. The van der Waals surface area contributed by atoms with Crippen LogP contribution < -0.4 is 0 Å². The molecule has 0 radical (unpaired) electrons. The number of pyridine rings is 1. The predicted octanol–water partition coefficient (Wildman–Crippen LogP) is 2.42. The van der Waals surface area contributed by atoms with Gasteiger partial charge in [0.05, 0.1) is 11.8 Å². The van der Waals surface area contributed by atoms with Gasteiger partial charge in [0.25, 0.3) is 0 Å². The number of aromatic nitrogens is 1. The van der Waals surface area contributed by atoms with Crippen molar-refractivity contribution in [1.82, 2.24) is 4.98 Å². The van der Waals surface area contributed by atoms with Crippen molar-refractivity contribution in [3.8, 4) is 0 Å². The maximum absolute atomic E-state index is 9.60. The molecule has 66 valence electrons. The monoisotopic (exact) mass is 185 g/mol. The third-order valence-electron chi connectivity index (χ3n) is 1.68. The van der Waals surface area contributed by atoms with Crippen LogP contribution in [0.15, 0.2) is 18.3 Å². The molecule has 0 bridgehead atoms. The second-order valence-electron chi connectivity index (χ2n) is 3.09. The van der Waals surface area contributed by atoms with E-state index in [4.69, 9.17) is 11.6 Å². The molecule has 1 aromatic rings. The van der Waals surface area contributed by atoms with Crippen LogP contribution in [0, 0.1) is 5.92 Å². The van der Waals surface area contributed by atoms with Gasteiger partial charge in [-0.2, -0.15) is 0 Å². The fraction of sp³-hybridized carbons (Fsp3) is 0.444. The molecule has 0 aliphatic heterocycles. The molecule has 1 atom stereocenters. The summed E-state index contributed by atoms with van der Waals surface area (Å²) in [6.07, 6.45) is 1.08. The van der Waals surface area contributed by atoms with Crippen molar-refractivity contribution in [2.75, 3.05) is 0 Å². The Labute approximate surface area is 77.2 Å². The van der Waals surface area contributed by atoms with Crippen molar-refractivity contribution < 1.29 is 5.11 Å². The van der Waals surface area contributed by atoms with Crippen molar-refractivity contribution in [2.45, 2.75) is 20.0 Å². The highest BCUT2D eigenvalue weighted by Crippen LogP contribution is 2.21. The Morgan fingerprint density at radius 1 is 1.50 bits per heavy atom. The average Bonchev–Trinajstić information content (AvgIpc) is 2.03. The molecule has 0 aliphatic carbocycles. The van der Waals surface area contributed by atoms with E-state index in [1.54, 1.807) is 18.3 Å². The summed E-state index contributed by atoms with van der Waals surface area (Å²) in [4.78, 5) is 4.03. The molecule has 1 heterocycles. The first kappa shape index (κ1) is 9.49. The third kappa shape index (κ3) is 2.19. The van der Waals surface area contributed by atoms with Gasteiger partial charge in [-0.15, -0.1) is 0 Å². The standard InChI is InChI=1S/C9H12ClNO/c1-6(2)9(12)8-5-7(10)3-4-11-8/h3-6,9,12H,1-2H3. The van der Waals surface area contributed by atoms with Crippen LogP contribution in [0.25, 0.3) is 0 Å². The summed E-state index contributed by atoms with van der Waals surface area (Å²) < 4.78 is 0. The molecule has 12 heavy (non-hydrogen) atoms. The second kappa shape index (κ2) is 3.87. The van der Waals surface area contributed by atoms with E-state index in [1.807, 2.05) is 13.8 Å². The van der Waals surface area contributed by atoms with E-state index in [-0.39, 0.29) is 5.92 Å². The summed E-state index contributed by atoms with van der Waals surface area (Å²) in [7, 11) is 0. The normalized spacial score (nSPS) is 13.4. The lowest BCUT2D eigenvalue weighted by Crippen LogP contribution is -2.06. The molecule has 0 spiro atoms. The van der Waals surface area contributed by atoms with E-state index in [9.17, 15) is 5.11 Å². The lowest BCUT2D eigenvalue weighted by molar-refractivity contribution is 0.122. The zero-order chi connectivity index (χ0) is 9.14. The van der Waals surface area contributed by atoms with E-state index in [0.717, 1.165) is 0 Å². The summed E-state index contributed by atoms with van der Waals surface area (Å²) in [6.45, 7) is 3.88. The van der Waals surface area contributed by atoms with Crippen molar-refractivity contribution in [3.63, 3.8) is 0 Å². The number of halogens is 1. The Balaban J connectivity index is 2.88. The van der Waals surface area contributed by atoms with Crippen LogP contribution in [0.1, 0.15) is 25.6 Å². The lowest BCUT2D eigenvalue weighted by atomic mass is 10.0. The van der Waals surface area contributed by atoms with Crippen molar-refractivity contribution in [3.05, 3.63) is 29.0 Å². The van der Waals surface area contributed by atoms with Gasteiger partial charge < -0.3 is 5.11 Å². The fourth-order valence-electron chi connectivity index (χ4n) is 0.924. The van der Waals surface area contributed by atoms with Crippen molar-refractivity contribution in [2.24, 2.45) is 5.92 Å². The summed E-state index contributed by atoms with van der Waals surface area (Å²) >= 11 is 5.74. The molecule has 0 aromatic carbocycles. The molecule has 1 aromatic heterocycles. The van der Waals surface area contributed by atoms with Gasteiger partial charge in [-0.1, -0.05) is 25.4 Å². The molecule has 0 amide bonds. The number of nitrogens with zero attached hydrogens (tertiary/aromatic N) is 1. The average molecular weight is 186 g/mol. The molecule has 0 fully saturated rings. The number of hydrogen-bond acceptors (Lipinski definition) is 2. The molecule has 0 aliphatic rings.